The molecule has 1 saturated heterocycles. The smallest absolute Gasteiger partial charge is 0.321 e. The number of nitrogens with zero attached hydrogens (tertiary/aromatic N) is 2. The number of nitrogens with two attached hydrogens (primary N) is 1. The maximum Gasteiger partial charge on any atom is 0.321 e. The van der Waals surface area contributed by atoms with Crippen molar-refractivity contribution in [2.24, 2.45) is 5.73 Å². The molecule has 0 aliphatic carbocycles. The Kier molecular flexibility index (Phi) is 7.55. The number of unbranched alkanes of at least 4 members (excludes halogenated alkanes) is 3. The van der Waals surface area contributed by atoms with Crippen LogP contribution in [0.25, 0.3) is 0 Å². The molecule has 2 aliphatic rings. The van der Waals surface area contributed by atoms with Crippen LogP contribution in [0.3, 0.4) is 0 Å². The lowest BCUT2D eigenvalue weighted by atomic mass is 10.2. The van der Waals surface area contributed by atoms with Gasteiger partial charge in [-0.05, 0) is 12.8 Å². The van der Waals surface area contributed by atoms with Crippen LogP contribution in [0, 0.1) is 0 Å². The zero-order valence-electron chi connectivity index (χ0n) is 14.8. The van der Waals surface area contributed by atoms with Gasteiger partial charge in [0, 0.05) is 37.4 Å². The number of hydrogen-bond donors (Lipinski definition) is 2. The molecule has 0 saturated carbocycles. The average Bonchev–Trinajstić information content (AvgIpc) is 3.08. The molecule has 2 atom stereocenters. The van der Waals surface area contributed by atoms with E-state index in [1.54, 1.807) is 0 Å². The largest absolute Gasteiger partial charge is 0.480 e. The highest BCUT2D eigenvalue weighted by Crippen LogP contribution is 2.26. The summed E-state index contributed by atoms with van der Waals surface area (Å²) in [6.07, 6.45) is 5.44. The summed E-state index contributed by atoms with van der Waals surface area (Å²) in [5.41, 5.74) is 5.42. The first-order valence-corrected chi connectivity index (χ1v) is 9.84. The lowest BCUT2D eigenvalue weighted by molar-refractivity contribution is -0.139. The summed E-state index contributed by atoms with van der Waals surface area (Å²) < 4.78 is 0. The number of carbonyl (C=O) groups excluding carboxylic acids is 4. The Morgan fingerprint density at radius 1 is 1.07 bits per heavy atom. The zero-order valence-corrected chi connectivity index (χ0v) is 15.7. The van der Waals surface area contributed by atoms with Crippen LogP contribution in [0.5, 0.6) is 0 Å². The van der Waals surface area contributed by atoms with E-state index in [0.717, 1.165) is 24.6 Å². The van der Waals surface area contributed by atoms with E-state index in [1.807, 2.05) is 0 Å². The van der Waals surface area contributed by atoms with Crippen LogP contribution in [0.4, 0.5) is 0 Å². The van der Waals surface area contributed by atoms with Crippen molar-refractivity contribution in [2.45, 2.75) is 43.4 Å². The Bertz CT molecular complexity index is 647. The molecule has 2 aliphatic heterocycles. The first-order valence-electron chi connectivity index (χ1n) is 8.79. The molecule has 1 fully saturated rings. The molecule has 0 aromatic rings. The van der Waals surface area contributed by atoms with E-state index in [-0.39, 0.29) is 35.8 Å². The minimum absolute atomic E-state index is 0.0715. The van der Waals surface area contributed by atoms with Gasteiger partial charge in [-0.25, -0.2) is 0 Å². The SMILES string of the molecule is N[C@@H](CSC1CC(=O)N(CCCCCCN2C(=O)C=CC2=O)C1=O)C(=O)O. The number of rotatable bonds is 11. The first-order chi connectivity index (χ1) is 12.8. The topological polar surface area (TPSA) is 138 Å². The first kappa shape index (κ1) is 21.1. The Balaban J connectivity index is 1.63. The quantitative estimate of drug-likeness (QED) is 0.359. The fourth-order valence-electron chi connectivity index (χ4n) is 2.85. The third-order valence-electron chi connectivity index (χ3n) is 4.41. The third-order valence-corrected chi connectivity index (χ3v) is 5.73. The number of aliphatic carboxylic acids is 1. The molecule has 10 heteroatoms. The van der Waals surface area contributed by atoms with Crippen LogP contribution in [0.2, 0.25) is 0 Å². The number of carboxylic acid groups (broad SMARTS) is 1. The van der Waals surface area contributed by atoms with Gasteiger partial charge in [0.2, 0.25) is 11.8 Å². The van der Waals surface area contributed by atoms with Crippen molar-refractivity contribution in [3.63, 3.8) is 0 Å². The minimum Gasteiger partial charge on any atom is -0.480 e. The predicted molar refractivity (Wildman–Crippen MR) is 97.5 cm³/mol. The lowest BCUT2D eigenvalue weighted by Gasteiger charge is -2.16. The van der Waals surface area contributed by atoms with Crippen LogP contribution in [-0.2, 0) is 24.0 Å². The number of carbonyl (C=O) groups is 5. The molecule has 0 radical (unpaired) electrons. The van der Waals surface area contributed by atoms with Crippen LogP contribution in [-0.4, -0.2) is 74.6 Å². The van der Waals surface area contributed by atoms with Gasteiger partial charge < -0.3 is 10.8 Å². The Labute approximate surface area is 160 Å². The minimum atomic E-state index is -1.13. The molecule has 27 heavy (non-hydrogen) atoms. The van der Waals surface area contributed by atoms with Gasteiger partial charge in [-0.3, -0.25) is 33.8 Å². The molecule has 2 rings (SSSR count). The number of carboxylic acids is 1. The Morgan fingerprint density at radius 2 is 1.63 bits per heavy atom. The molecule has 4 amide bonds. The monoisotopic (exact) mass is 397 g/mol. The Hall–Kier alpha value is -2.20. The average molecular weight is 397 g/mol. The second kappa shape index (κ2) is 9.65. The van der Waals surface area contributed by atoms with Crippen LogP contribution >= 0.6 is 11.8 Å². The highest BCUT2D eigenvalue weighted by molar-refractivity contribution is 8.00. The number of thioether (sulfide) groups is 1. The molecule has 1 unspecified atom stereocenters. The normalized spacial score (nSPS) is 20.9. The summed E-state index contributed by atoms with van der Waals surface area (Å²) in [7, 11) is 0. The van der Waals surface area contributed by atoms with E-state index in [2.05, 4.69) is 0 Å². The van der Waals surface area contributed by atoms with Crippen molar-refractivity contribution in [1.82, 2.24) is 9.80 Å². The van der Waals surface area contributed by atoms with E-state index in [9.17, 15) is 24.0 Å². The highest BCUT2D eigenvalue weighted by atomic mass is 32.2. The van der Waals surface area contributed by atoms with Crippen LogP contribution in [0.15, 0.2) is 12.2 Å². The van der Waals surface area contributed by atoms with E-state index in [0.29, 0.717) is 25.9 Å². The lowest BCUT2D eigenvalue weighted by Crippen LogP contribution is -2.35. The second-order valence-corrected chi connectivity index (χ2v) is 7.67. The molecule has 148 valence electrons. The summed E-state index contributed by atoms with van der Waals surface area (Å²) in [6, 6.07) is -1.06. The van der Waals surface area contributed by atoms with Crippen molar-refractivity contribution in [3.8, 4) is 0 Å². The van der Waals surface area contributed by atoms with Gasteiger partial charge in [0.25, 0.3) is 11.8 Å². The third kappa shape index (κ3) is 5.64. The van der Waals surface area contributed by atoms with Crippen LogP contribution in [0.1, 0.15) is 32.1 Å². The summed E-state index contributed by atoms with van der Waals surface area (Å²) in [4.78, 5) is 60.2. The van der Waals surface area contributed by atoms with Crippen LogP contribution < -0.4 is 5.73 Å². The fraction of sp³-hybridized carbons (Fsp3) is 0.588. The fourth-order valence-corrected chi connectivity index (χ4v) is 3.97. The molecular formula is C17H23N3O6S. The van der Waals surface area contributed by atoms with Gasteiger partial charge in [-0.2, -0.15) is 0 Å². The molecule has 0 bridgehead atoms. The highest BCUT2D eigenvalue weighted by Gasteiger charge is 2.38. The van der Waals surface area contributed by atoms with Crippen molar-refractivity contribution in [3.05, 3.63) is 12.2 Å². The molecule has 9 nitrogen and oxygen atoms in total. The summed E-state index contributed by atoms with van der Waals surface area (Å²) in [5.74, 6) is -2.18. The second-order valence-electron chi connectivity index (χ2n) is 6.43. The van der Waals surface area contributed by atoms with E-state index < -0.39 is 17.3 Å². The van der Waals surface area contributed by atoms with Gasteiger partial charge in [-0.1, -0.05) is 12.8 Å². The van der Waals surface area contributed by atoms with E-state index in [1.165, 1.54) is 22.0 Å². The maximum atomic E-state index is 12.3. The molecule has 0 aromatic heterocycles. The number of amides is 4. The number of imide groups is 2. The summed E-state index contributed by atoms with van der Waals surface area (Å²) in [6.45, 7) is 0.692. The molecule has 0 aromatic carbocycles. The predicted octanol–water partition coefficient (Wildman–Crippen LogP) is -0.256. The molecule has 0 spiro atoms. The molecule has 2 heterocycles. The molecule has 3 N–H and O–H groups in total. The summed E-state index contributed by atoms with van der Waals surface area (Å²) >= 11 is 1.10. The van der Waals surface area contributed by atoms with Crippen molar-refractivity contribution < 1.29 is 29.1 Å². The van der Waals surface area contributed by atoms with Gasteiger partial charge in [0.15, 0.2) is 0 Å². The van der Waals surface area contributed by atoms with E-state index >= 15 is 0 Å². The van der Waals surface area contributed by atoms with Gasteiger partial charge in [-0.15, -0.1) is 11.8 Å². The van der Waals surface area contributed by atoms with Crippen molar-refractivity contribution in [2.75, 3.05) is 18.8 Å². The zero-order chi connectivity index (χ0) is 20.0. The van der Waals surface area contributed by atoms with E-state index in [4.69, 9.17) is 10.8 Å². The van der Waals surface area contributed by atoms with Crippen molar-refractivity contribution >= 4 is 41.4 Å². The number of hydrogen-bond acceptors (Lipinski definition) is 7. The molecular weight excluding hydrogens is 374 g/mol. The van der Waals surface area contributed by atoms with Gasteiger partial charge >= 0.3 is 5.97 Å². The van der Waals surface area contributed by atoms with Gasteiger partial charge in [0.05, 0.1) is 5.25 Å². The van der Waals surface area contributed by atoms with Crippen molar-refractivity contribution in [1.29, 1.82) is 0 Å². The number of likely N-dealkylation sites (tertiary alicyclic amines) is 1. The summed E-state index contributed by atoms with van der Waals surface area (Å²) in [5, 5.41) is 8.20. The van der Waals surface area contributed by atoms with Gasteiger partial charge in [0.1, 0.15) is 6.04 Å². The maximum absolute atomic E-state index is 12.3. The Morgan fingerprint density at radius 3 is 2.19 bits per heavy atom. The standard InChI is InChI=1S/C17H23N3O6S/c18-11(17(25)26)10-27-12-9-15(23)20(16(12)24)8-4-2-1-3-7-19-13(21)5-6-14(19)22/h5-6,11-12H,1-4,7-10,18H2,(H,25,26)/t11-,12?/m0/s1.